The van der Waals surface area contributed by atoms with Crippen LogP contribution in [-0.2, 0) is 5.54 Å². The predicted molar refractivity (Wildman–Crippen MR) is 186 cm³/mol. The van der Waals surface area contributed by atoms with Crippen LogP contribution in [0.4, 0.5) is 8.78 Å². The van der Waals surface area contributed by atoms with Crippen molar-refractivity contribution < 1.29 is 8.78 Å². The monoisotopic (exact) mass is 626 g/mol. The van der Waals surface area contributed by atoms with Crippen LogP contribution in [0.5, 0.6) is 0 Å². The van der Waals surface area contributed by atoms with Gasteiger partial charge in [0.1, 0.15) is 29.2 Å². The fraction of sp³-hybridized carbons (Fsp3) is 0.0238. The minimum Gasteiger partial charge on any atom is -0.252 e. The summed E-state index contributed by atoms with van der Waals surface area (Å²) in [5, 5.41) is 6.20. The highest BCUT2D eigenvalue weighted by molar-refractivity contribution is 5.96. The van der Waals surface area contributed by atoms with Gasteiger partial charge in [-0.05, 0) is 82.9 Å². The first-order valence-corrected chi connectivity index (χ1v) is 15.6. The van der Waals surface area contributed by atoms with Crippen molar-refractivity contribution in [1.82, 2.24) is 19.7 Å². The van der Waals surface area contributed by atoms with Crippen LogP contribution in [0.15, 0.2) is 170 Å². The zero-order valence-corrected chi connectivity index (χ0v) is 25.7. The Morgan fingerprint density at radius 1 is 0.479 bits per heavy atom. The molecular weight excluding hydrogens is 598 g/mol. The minimum absolute atomic E-state index is 0.312. The largest absolute Gasteiger partial charge is 0.252 e. The third kappa shape index (κ3) is 5.04. The number of rotatable bonds is 7. The number of fused-ring (bicyclic) bond motifs is 1. The van der Waals surface area contributed by atoms with Crippen molar-refractivity contribution in [1.29, 1.82) is 0 Å². The highest BCUT2D eigenvalue weighted by Crippen LogP contribution is 2.43. The maximum Gasteiger partial charge on any atom is 0.138 e. The molecule has 4 nitrogen and oxygen atoms in total. The number of hydrogen-bond acceptors (Lipinski definition) is 3. The molecule has 0 spiro atoms. The molecule has 8 rings (SSSR count). The Bertz CT molecular complexity index is 2240. The van der Waals surface area contributed by atoms with Gasteiger partial charge in [-0.25, -0.2) is 18.7 Å². The van der Waals surface area contributed by atoms with E-state index in [-0.39, 0.29) is 11.6 Å². The summed E-state index contributed by atoms with van der Waals surface area (Å²) in [6, 6.07) is 49.8. The van der Waals surface area contributed by atoms with Gasteiger partial charge < -0.3 is 0 Å². The van der Waals surface area contributed by atoms with Crippen molar-refractivity contribution in [2.24, 2.45) is 0 Å². The molecule has 0 aliphatic heterocycles. The molecule has 6 heteroatoms. The van der Waals surface area contributed by atoms with E-state index >= 15 is 0 Å². The van der Waals surface area contributed by atoms with Crippen molar-refractivity contribution in [3.63, 3.8) is 0 Å². The highest BCUT2D eigenvalue weighted by Gasteiger charge is 2.40. The fourth-order valence-corrected chi connectivity index (χ4v) is 6.57. The Hall–Kier alpha value is -6.27. The number of aromatic nitrogens is 4. The summed E-state index contributed by atoms with van der Waals surface area (Å²) in [4.78, 5) is 9.13. The van der Waals surface area contributed by atoms with Crippen LogP contribution >= 0.6 is 0 Å². The topological polar surface area (TPSA) is 43.6 Å². The van der Waals surface area contributed by atoms with E-state index < -0.39 is 5.54 Å². The Labute approximate surface area is 276 Å². The van der Waals surface area contributed by atoms with Crippen LogP contribution in [0, 0.1) is 11.6 Å². The molecule has 0 unspecified atom stereocenters. The van der Waals surface area contributed by atoms with E-state index in [0.717, 1.165) is 49.8 Å². The lowest BCUT2D eigenvalue weighted by Gasteiger charge is -2.36. The van der Waals surface area contributed by atoms with E-state index in [1.807, 2.05) is 71.4 Å². The van der Waals surface area contributed by atoms with Crippen LogP contribution in [0.3, 0.4) is 0 Å². The fourth-order valence-electron chi connectivity index (χ4n) is 6.57. The van der Waals surface area contributed by atoms with Gasteiger partial charge in [0.25, 0.3) is 0 Å². The Kier molecular flexibility index (Phi) is 7.38. The molecule has 230 valence electrons. The second kappa shape index (κ2) is 12.2. The summed E-state index contributed by atoms with van der Waals surface area (Å²) in [7, 11) is 0. The molecular formula is C42H28F2N4. The van der Waals surface area contributed by atoms with Gasteiger partial charge in [0.05, 0.1) is 11.2 Å². The number of nitrogens with zero attached hydrogens (tertiary/aromatic N) is 4. The molecule has 0 N–H and O–H groups in total. The molecule has 0 amide bonds. The number of benzene rings is 6. The van der Waals surface area contributed by atoms with Gasteiger partial charge in [-0.2, -0.15) is 5.10 Å². The molecule has 2 heterocycles. The highest BCUT2D eigenvalue weighted by atomic mass is 19.1. The third-order valence-electron chi connectivity index (χ3n) is 8.81. The van der Waals surface area contributed by atoms with Crippen LogP contribution in [0.25, 0.3) is 44.5 Å². The van der Waals surface area contributed by atoms with E-state index in [1.54, 1.807) is 24.3 Å². The smallest absolute Gasteiger partial charge is 0.138 e. The first-order chi connectivity index (χ1) is 23.6. The van der Waals surface area contributed by atoms with E-state index in [1.165, 1.54) is 30.6 Å². The van der Waals surface area contributed by atoms with Gasteiger partial charge in [0.2, 0.25) is 0 Å². The molecule has 0 radical (unpaired) electrons. The maximum atomic E-state index is 14.2. The third-order valence-corrected chi connectivity index (χ3v) is 8.81. The van der Waals surface area contributed by atoms with E-state index in [9.17, 15) is 8.78 Å². The molecule has 0 bridgehead atoms. The lowest BCUT2D eigenvalue weighted by molar-refractivity contribution is 0.461. The molecule has 0 saturated heterocycles. The molecule has 0 aliphatic rings. The summed E-state index contributed by atoms with van der Waals surface area (Å²) in [5.41, 5.74) is 7.70. The molecule has 48 heavy (non-hydrogen) atoms. The Balaban J connectivity index is 1.43. The molecule has 0 fully saturated rings. The van der Waals surface area contributed by atoms with Gasteiger partial charge in [-0.15, -0.1) is 0 Å². The van der Waals surface area contributed by atoms with Gasteiger partial charge in [-0.3, -0.25) is 4.68 Å². The van der Waals surface area contributed by atoms with Gasteiger partial charge in [-0.1, -0.05) is 97.1 Å². The zero-order valence-electron chi connectivity index (χ0n) is 25.7. The quantitative estimate of drug-likeness (QED) is 0.165. The van der Waals surface area contributed by atoms with E-state index in [2.05, 4.69) is 58.6 Å². The normalized spacial score (nSPS) is 11.5. The SMILES string of the molecule is Fc1ccc(-c2nn(C(c3ccccc3)(c3ccccc3)c3ccccc3)cc2-c2ccc3ncnc(-c4ccc(F)cc4)c3c2)cc1. The lowest BCUT2D eigenvalue weighted by atomic mass is 9.77. The predicted octanol–water partition coefficient (Wildman–Crippen LogP) is 9.95. The van der Waals surface area contributed by atoms with E-state index in [0.29, 0.717) is 11.4 Å². The van der Waals surface area contributed by atoms with Crippen molar-refractivity contribution >= 4 is 10.9 Å². The molecule has 0 aliphatic carbocycles. The van der Waals surface area contributed by atoms with Gasteiger partial charge in [0, 0.05) is 28.3 Å². The van der Waals surface area contributed by atoms with Gasteiger partial charge >= 0.3 is 0 Å². The van der Waals surface area contributed by atoms with Crippen LogP contribution < -0.4 is 0 Å². The summed E-state index contributed by atoms with van der Waals surface area (Å²) < 4.78 is 30.1. The van der Waals surface area contributed by atoms with Crippen molar-refractivity contribution in [3.05, 3.63) is 199 Å². The Morgan fingerprint density at radius 2 is 0.958 bits per heavy atom. The second-order valence-corrected chi connectivity index (χ2v) is 11.6. The first-order valence-electron chi connectivity index (χ1n) is 15.6. The zero-order chi connectivity index (χ0) is 32.5. The van der Waals surface area contributed by atoms with Crippen molar-refractivity contribution in [2.45, 2.75) is 5.54 Å². The standard InChI is InChI=1S/C42H28F2N4/c43-35-21-16-29(17-22-35)40-37-26-31(20-25-39(37)45-28-46-40)38-27-48(47-41(38)30-18-23-36(44)24-19-30)42(32-10-4-1-5-11-32,33-12-6-2-7-13-33)34-14-8-3-9-15-34/h1-28H. The minimum atomic E-state index is -0.851. The first kappa shape index (κ1) is 29.2. The molecule has 2 aromatic heterocycles. The maximum absolute atomic E-state index is 14.2. The number of hydrogen-bond donors (Lipinski definition) is 0. The molecule has 6 aromatic carbocycles. The average molecular weight is 627 g/mol. The van der Waals surface area contributed by atoms with Crippen molar-refractivity contribution in [3.8, 4) is 33.6 Å². The summed E-state index contributed by atoms with van der Waals surface area (Å²) in [6.07, 6.45) is 3.60. The van der Waals surface area contributed by atoms with Gasteiger partial charge in [0.15, 0.2) is 0 Å². The van der Waals surface area contributed by atoms with Crippen molar-refractivity contribution in [2.75, 3.05) is 0 Å². The second-order valence-electron chi connectivity index (χ2n) is 11.6. The van der Waals surface area contributed by atoms with E-state index in [4.69, 9.17) is 5.10 Å². The lowest BCUT2D eigenvalue weighted by Crippen LogP contribution is -2.38. The molecule has 0 saturated carbocycles. The average Bonchev–Trinajstić information content (AvgIpc) is 3.59. The summed E-state index contributed by atoms with van der Waals surface area (Å²) in [5.74, 6) is -0.633. The van der Waals surface area contributed by atoms with Crippen LogP contribution in [-0.4, -0.2) is 19.7 Å². The summed E-state index contributed by atoms with van der Waals surface area (Å²) >= 11 is 0. The van der Waals surface area contributed by atoms with Crippen LogP contribution in [0.1, 0.15) is 16.7 Å². The molecule has 8 aromatic rings. The Morgan fingerprint density at radius 3 is 1.48 bits per heavy atom. The number of halogens is 2. The van der Waals surface area contributed by atoms with Crippen LogP contribution in [0.2, 0.25) is 0 Å². The summed E-state index contributed by atoms with van der Waals surface area (Å²) in [6.45, 7) is 0. The molecule has 0 atom stereocenters.